The molecule has 0 radical (unpaired) electrons. The van der Waals surface area contributed by atoms with Crippen molar-refractivity contribution in [3.63, 3.8) is 0 Å². The number of hydrogen-bond acceptors (Lipinski definition) is 5. The third-order valence-corrected chi connectivity index (χ3v) is 2.44. The lowest BCUT2D eigenvalue weighted by Crippen LogP contribution is -2.29. The minimum absolute atomic E-state index is 0.0208. The third-order valence-electron chi connectivity index (χ3n) is 2.44. The van der Waals surface area contributed by atoms with Gasteiger partial charge in [0.1, 0.15) is 0 Å². The number of benzene rings is 1. The van der Waals surface area contributed by atoms with E-state index >= 15 is 0 Å². The molecule has 0 aliphatic heterocycles. The molecule has 2 aromatic rings. The summed E-state index contributed by atoms with van der Waals surface area (Å²) < 4.78 is 4.98. The Labute approximate surface area is 98.8 Å². The summed E-state index contributed by atoms with van der Waals surface area (Å²) in [5, 5.41) is 12.2. The van der Waals surface area contributed by atoms with Gasteiger partial charge >= 0.3 is 0 Å². The number of nitrogens with two attached hydrogens (primary N) is 1. The Hall–Kier alpha value is -1.79. The summed E-state index contributed by atoms with van der Waals surface area (Å²) in [4.78, 5) is 7.43. The van der Waals surface area contributed by atoms with Crippen LogP contribution < -0.4 is 11.1 Å². The lowest BCUT2D eigenvalue weighted by atomic mass is 10.3. The van der Waals surface area contributed by atoms with E-state index < -0.39 is 0 Å². The Morgan fingerprint density at radius 3 is 3.12 bits per heavy atom. The van der Waals surface area contributed by atoms with Crippen molar-refractivity contribution in [2.24, 2.45) is 0 Å². The molecule has 2 rings (SSSR count). The van der Waals surface area contributed by atoms with Crippen molar-refractivity contribution in [2.75, 3.05) is 31.4 Å². The van der Waals surface area contributed by atoms with Crippen molar-refractivity contribution >= 4 is 22.7 Å². The summed E-state index contributed by atoms with van der Waals surface area (Å²) in [6, 6.07) is 5.28. The molecule has 1 heterocycles. The average Bonchev–Trinajstić information content (AvgIpc) is 2.69. The Morgan fingerprint density at radius 1 is 1.59 bits per heavy atom. The lowest BCUT2D eigenvalue weighted by Gasteiger charge is -2.13. The van der Waals surface area contributed by atoms with Crippen LogP contribution in [0.1, 0.15) is 0 Å². The minimum Gasteiger partial charge on any atom is -0.399 e. The number of anilines is 2. The standard InChI is InChI=1S/C11H16N4O2/c1-17-6-8(5-16)13-11-14-9-3-2-7(12)4-10(9)15-11/h2-4,8,16H,5-6,12H2,1H3,(H2,13,14,15). The van der Waals surface area contributed by atoms with E-state index in [4.69, 9.17) is 15.6 Å². The second-order valence-electron chi connectivity index (χ2n) is 3.84. The number of rotatable bonds is 5. The molecule has 1 unspecified atom stereocenters. The van der Waals surface area contributed by atoms with Gasteiger partial charge in [-0.2, -0.15) is 0 Å². The van der Waals surface area contributed by atoms with E-state index in [2.05, 4.69) is 15.3 Å². The first kappa shape index (κ1) is 11.7. The molecule has 6 heteroatoms. The summed E-state index contributed by atoms with van der Waals surface area (Å²) in [6.45, 7) is 0.392. The maximum Gasteiger partial charge on any atom is 0.201 e. The fourth-order valence-corrected chi connectivity index (χ4v) is 1.63. The van der Waals surface area contributed by atoms with Gasteiger partial charge in [0, 0.05) is 12.8 Å². The van der Waals surface area contributed by atoms with Gasteiger partial charge in [0.05, 0.1) is 30.3 Å². The molecule has 0 saturated carbocycles. The third kappa shape index (κ3) is 2.66. The van der Waals surface area contributed by atoms with E-state index in [0.717, 1.165) is 11.0 Å². The summed E-state index contributed by atoms with van der Waals surface area (Å²) in [5.74, 6) is 0.599. The number of hydrogen-bond donors (Lipinski definition) is 4. The van der Waals surface area contributed by atoms with Crippen molar-refractivity contribution < 1.29 is 9.84 Å². The number of fused-ring (bicyclic) bond motifs is 1. The number of aliphatic hydroxyl groups excluding tert-OH is 1. The minimum atomic E-state index is -0.182. The smallest absolute Gasteiger partial charge is 0.201 e. The van der Waals surface area contributed by atoms with Gasteiger partial charge in [-0.3, -0.25) is 0 Å². The molecule has 1 aromatic carbocycles. The summed E-state index contributed by atoms with van der Waals surface area (Å²) in [6.07, 6.45) is 0. The molecular formula is C11H16N4O2. The van der Waals surface area contributed by atoms with E-state index in [-0.39, 0.29) is 12.6 Å². The first-order chi connectivity index (χ1) is 8.22. The highest BCUT2D eigenvalue weighted by atomic mass is 16.5. The molecule has 0 amide bonds. The molecule has 0 spiro atoms. The number of aromatic nitrogens is 2. The number of nitrogens with one attached hydrogen (secondary N) is 2. The SMILES string of the molecule is COCC(CO)Nc1nc2ccc(N)cc2[nH]1. The van der Waals surface area contributed by atoms with E-state index in [1.165, 1.54) is 0 Å². The molecule has 5 N–H and O–H groups in total. The molecule has 0 aliphatic carbocycles. The van der Waals surface area contributed by atoms with Crippen LogP contribution in [0, 0.1) is 0 Å². The van der Waals surface area contributed by atoms with E-state index in [0.29, 0.717) is 18.2 Å². The summed E-state index contributed by atoms with van der Waals surface area (Å²) >= 11 is 0. The highest BCUT2D eigenvalue weighted by Gasteiger charge is 2.09. The van der Waals surface area contributed by atoms with Crippen molar-refractivity contribution in [1.82, 2.24) is 9.97 Å². The maximum absolute atomic E-state index is 9.13. The Morgan fingerprint density at radius 2 is 2.41 bits per heavy atom. The van der Waals surface area contributed by atoms with Crippen LogP contribution in [0.5, 0.6) is 0 Å². The zero-order valence-electron chi connectivity index (χ0n) is 9.60. The predicted octanol–water partition coefficient (Wildman–Crippen LogP) is 0.564. The molecule has 1 atom stereocenters. The molecule has 1 aromatic heterocycles. The van der Waals surface area contributed by atoms with Gasteiger partial charge in [0.2, 0.25) is 5.95 Å². The van der Waals surface area contributed by atoms with E-state index in [9.17, 15) is 0 Å². The van der Waals surface area contributed by atoms with Gasteiger partial charge in [0.15, 0.2) is 0 Å². The van der Waals surface area contributed by atoms with Crippen molar-refractivity contribution in [2.45, 2.75) is 6.04 Å². The summed E-state index contributed by atoms with van der Waals surface area (Å²) in [7, 11) is 1.59. The number of nitrogens with zero attached hydrogens (tertiary/aromatic N) is 1. The highest BCUT2D eigenvalue weighted by Crippen LogP contribution is 2.17. The monoisotopic (exact) mass is 236 g/mol. The number of imidazole rings is 1. The van der Waals surface area contributed by atoms with Crippen LogP contribution in [0.2, 0.25) is 0 Å². The van der Waals surface area contributed by atoms with Gasteiger partial charge in [-0.05, 0) is 18.2 Å². The van der Waals surface area contributed by atoms with Crippen LogP contribution in [-0.2, 0) is 4.74 Å². The zero-order chi connectivity index (χ0) is 12.3. The largest absolute Gasteiger partial charge is 0.399 e. The molecule has 92 valence electrons. The average molecular weight is 236 g/mol. The lowest BCUT2D eigenvalue weighted by molar-refractivity contribution is 0.153. The van der Waals surface area contributed by atoms with Crippen molar-refractivity contribution in [3.8, 4) is 0 Å². The van der Waals surface area contributed by atoms with Crippen LogP contribution in [0.25, 0.3) is 11.0 Å². The van der Waals surface area contributed by atoms with Crippen LogP contribution in [0.4, 0.5) is 11.6 Å². The van der Waals surface area contributed by atoms with Gasteiger partial charge in [0.25, 0.3) is 0 Å². The number of methoxy groups -OCH3 is 1. The number of nitrogen functional groups attached to an aromatic ring is 1. The van der Waals surface area contributed by atoms with Gasteiger partial charge in [-0.1, -0.05) is 0 Å². The van der Waals surface area contributed by atoms with Crippen LogP contribution in [0.15, 0.2) is 18.2 Å². The van der Waals surface area contributed by atoms with E-state index in [1.807, 2.05) is 12.1 Å². The second kappa shape index (κ2) is 5.03. The fourth-order valence-electron chi connectivity index (χ4n) is 1.63. The maximum atomic E-state index is 9.13. The molecular weight excluding hydrogens is 220 g/mol. The van der Waals surface area contributed by atoms with Gasteiger partial charge in [-0.15, -0.1) is 0 Å². The number of ether oxygens (including phenoxy) is 1. The predicted molar refractivity (Wildman–Crippen MR) is 66.9 cm³/mol. The molecule has 6 nitrogen and oxygen atoms in total. The zero-order valence-corrected chi connectivity index (χ0v) is 9.60. The topological polar surface area (TPSA) is 96.2 Å². The Balaban J connectivity index is 2.18. The quantitative estimate of drug-likeness (QED) is 0.569. The van der Waals surface area contributed by atoms with Crippen LogP contribution >= 0.6 is 0 Å². The van der Waals surface area contributed by atoms with Gasteiger partial charge < -0.3 is 25.9 Å². The fraction of sp³-hybridized carbons (Fsp3) is 0.364. The molecule has 0 aliphatic rings. The molecule has 0 bridgehead atoms. The normalized spacial score (nSPS) is 12.8. The van der Waals surface area contributed by atoms with Crippen molar-refractivity contribution in [1.29, 1.82) is 0 Å². The first-order valence-corrected chi connectivity index (χ1v) is 5.34. The molecule has 0 saturated heterocycles. The van der Waals surface area contributed by atoms with Crippen molar-refractivity contribution in [3.05, 3.63) is 18.2 Å². The summed E-state index contributed by atoms with van der Waals surface area (Å²) in [5.41, 5.74) is 8.06. The number of aromatic amines is 1. The first-order valence-electron chi connectivity index (χ1n) is 5.34. The second-order valence-corrected chi connectivity index (χ2v) is 3.84. The Kier molecular flexibility index (Phi) is 3.46. The molecule has 0 fully saturated rings. The van der Waals surface area contributed by atoms with E-state index in [1.54, 1.807) is 13.2 Å². The highest BCUT2D eigenvalue weighted by molar-refractivity contribution is 5.80. The number of aliphatic hydroxyl groups is 1. The number of H-pyrrole nitrogens is 1. The Bertz CT molecular complexity index is 497. The van der Waals surface area contributed by atoms with Gasteiger partial charge in [-0.25, -0.2) is 4.98 Å². The van der Waals surface area contributed by atoms with Crippen LogP contribution in [-0.4, -0.2) is 41.4 Å². The molecule has 17 heavy (non-hydrogen) atoms. The van der Waals surface area contributed by atoms with Crippen LogP contribution in [0.3, 0.4) is 0 Å².